The van der Waals surface area contributed by atoms with Gasteiger partial charge in [0.1, 0.15) is 5.75 Å². The Kier molecular flexibility index (Phi) is 8.45. The average Bonchev–Trinajstić information content (AvgIpc) is 2.82. The van der Waals surface area contributed by atoms with Gasteiger partial charge in [-0.15, -0.1) is 0 Å². The molecule has 0 atom stereocenters. The lowest BCUT2D eigenvalue weighted by molar-refractivity contribution is -0.118. The summed E-state index contributed by atoms with van der Waals surface area (Å²) in [6.45, 7) is 0.345. The second kappa shape index (κ2) is 11.5. The maximum Gasteiger partial charge on any atom is 0.262 e. The van der Waals surface area contributed by atoms with E-state index >= 15 is 0 Å². The Balaban J connectivity index is 1.86. The largest absolute Gasteiger partial charge is 0.497 e. The van der Waals surface area contributed by atoms with E-state index in [9.17, 15) is 19.5 Å². The minimum absolute atomic E-state index is 0.00526. The van der Waals surface area contributed by atoms with E-state index in [-0.39, 0.29) is 43.3 Å². The molecule has 3 aromatic rings. The molecule has 0 aliphatic heterocycles. The van der Waals surface area contributed by atoms with Gasteiger partial charge in [-0.25, -0.2) is 4.98 Å². The van der Waals surface area contributed by atoms with Crippen molar-refractivity contribution in [3.8, 4) is 5.75 Å². The molecule has 0 saturated carbocycles. The van der Waals surface area contributed by atoms with Crippen LogP contribution in [0.1, 0.15) is 12.8 Å². The lowest BCUT2D eigenvalue weighted by Crippen LogP contribution is -2.35. The van der Waals surface area contributed by atoms with Crippen LogP contribution >= 0.6 is 11.8 Å². The number of aromatic nitrogens is 2. The highest BCUT2D eigenvalue weighted by Crippen LogP contribution is 2.23. The van der Waals surface area contributed by atoms with Crippen molar-refractivity contribution in [3.63, 3.8) is 0 Å². The number of para-hydroxylation sites is 1. The van der Waals surface area contributed by atoms with Gasteiger partial charge in [0.05, 0.1) is 23.8 Å². The number of thioether (sulfide) groups is 1. The normalized spacial score (nSPS) is 10.8. The summed E-state index contributed by atoms with van der Waals surface area (Å²) in [6.07, 6.45) is 0.399. The van der Waals surface area contributed by atoms with Crippen molar-refractivity contribution in [2.24, 2.45) is 5.73 Å². The van der Waals surface area contributed by atoms with Gasteiger partial charge in [0.15, 0.2) is 5.16 Å². The van der Waals surface area contributed by atoms with Gasteiger partial charge in [0, 0.05) is 31.8 Å². The summed E-state index contributed by atoms with van der Waals surface area (Å²) in [7, 11) is 1.55. The van der Waals surface area contributed by atoms with Crippen LogP contribution in [0, 0.1) is 0 Å². The molecule has 0 saturated heterocycles. The maximum atomic E-state index is 13.1. The van der Waals surface area contributed by atoms with Crippen LogP contribution in [0.2, 0.25) is 0 Å². The number of carbonyl (C=O) groups is 2. The number of nitrogens with two attached hydrogens (primary N) is 1. The number of amides is 2. The number of ether oxygens (including phenoxy) is 1. The van der Waals surface area contributed by atoms with Crippen molar-refractivity contribution < 1.29 is 19.4 Å². The molecule has 2 aromatic carbocycles. The predicted molar refractivity (Wildman–Crippen MR) is 128 cm³/mol. The molecule has 0 bridgehead atoms. The first-order valence-corrected chi connectivity index (χ1v) is 11.4. The zero-order chi connectivity index (χ0) is 23.8. The van der Waals surface area contributed by atoms with Gasteiger partial charge in [0.2, 0.25) is 11.8 Å². The molecule has 9 nitrogen and oxygen atoms in total. The van der Waals surface area contributed by atoms with Crippen molar-refractivity contribution in [1.29, 1.82) is 0 Å². The van der Waals surface area contributed by atoms with E-state index < -0.39 is 5.91 Å². The number of methoxy groups -OCH3 is 1. The van der Waals surface area contributed by atoms with Crippen LogP contribution in [-0.4, -0.2) is 52.5 Å². The minimum atomic E-state index is -0.511. The van der Waals surface area contributed by atoms with Gasteiger partial charge in [-0.1, -0.05) is 23.9 Å². The summed E-state index contributed by atoms with van der Waals surface area (Å²) in [5.41, 5.74) is 6.22. The van der Waals surface area contributed by atoms with Crippen LogP contribution in [0.3, 0.4) is 0 Å². The predicted octanol–water partition coefficient (Wildman–Crippen LogP) is 1.79. The van der Waals surface area contributed by atoms with Crippen molar-refractivity contribution >= 4 is 40.2 Å². The number of aliphatic hydroxyl groups excluding tert-OH is 1. The second-order valence-corrected chi connectivity index (χ2v) is 8.14. The van der Waals surface area contributed by atoms with E-state index in [4.69, 9.17) is 10.5 Å². The molecule has 0 fully saturated rings. The molecular formula is C23H26N4O5S. The quantitative estimate of drug-likeness (QED) is 0.323. The first kappa shape index (κ1) is 24.3. The van der Waals surface area contributed by atoms with Gasteiger partial charge < -0.3 is 20.5 Å². The third kappa shape index (κ3) is 6.11. The van der Waals surface area contributed by atoms with Crippen LogP contribution in [0.5, 0.6) is 5.75 Å². The Morgan fingerprint density at radius 2 is 1.91 bits per heavy atom. The van der Waals surface area contributed by atoms with Crippen LogP contribution in [0.25, 0.3) is 10.9 Å². The number of anilines is 1. The van der Waals surface area contributed by atoms with Gasteiger partial charge in [-0.05, 0) is 42.8 Å². The Labute approximate surface area is 195 Å². The highest BCUT2D eigenvalue weighted by atomic mass is 32.2. The summed E-state index contributed by atoms with van der Waals surface area (Å²) in [6, 6.07) is 13.9. The van der Waals surface area contributed by atoms with Gasteiger partial charge in [0.25, 0.3) is 5.56 Å². The SMILES string of the molecule is COc1ccc(N(CCC(N)=O)C(=O)CSc2nc3ccccc3c(=O)n2CCCO)cc1. The zero-order valence-electron chi connectivity index (χ0n) is 18.3. The monoisotopic (exact) mass is 470 g/mol. The van der Waals surface area contributed by atoms with Crippen molar-refractivity contribution in [1.82, 2.24) is 9.55 Å². The summed E-state index contributed by atoms with van der Waals surface area (Å²) in [5.74, 6) is -0.136. The molecule has 3 N–H and O–H groups in total. The molecule has 0 aliphatic rings. The first-order chi connectivity index (χ1) is 15.9. The summed E-state index contributed by atoms with van der Waals surface area (Å²) in [5, 5.41) is 10.1. The number of carbonyl (C=O) groups excluding carboxylic acids is 2. The lowest BCUT2D eigenvalue weighted by Gasteiger charge is -2.23. The van der Waals surface area contributed by atoms with Crippen LogP contribution in [-0.2, 0) is 16.1 Å². The van der Waals surface area contributed by atoms with Crippen LogP contribution < -0.4 is 20.9 Å². The number of hydrogen-bond acceptors (Lipinski definition) is 7. The molecule has 1 aromatic heterocycles. The Morgan fingerprint density at radius 1 is 1.18 bits per heavy atom. The molecule has 0 aliphatic carbocycles. The lowest BCUT2D eigenvalue weighted by atomic mass is 10.2. The Hall–Kier alpha value is -3.37. The van der Waals surface area contributed by atoms with Crippen molar-refractivity contribution in [2.75, 3.05) is 30.9 Å². The van der Waals surface area contributed by atoms with Gasteiger partial charge in [-0.3, -0.25) is 19.0 Å². The number of aliphatic hydroxyl groups is 1. The molecule has 174 valence electrons. The van der Waals surface area contributed by atoms with Crippen molar-refractivity contribution in [3.05, 3.63) is 58.9 Å². The topological polar surface area (TPSA) is 128 Å². The molecule has 0 unspecified atom stereocenters. The number of rotatable bonds is 11. The fourth-order valence-electron chi connectivity index (χ4n) is 3.27. The zero-order valence-corrected chi connectivity index (χ0v) is 19.1. The van der Waals surface area contributed by atoms with Gasteiger partial charge >= 0.3 is 0 Å². The molecule has 0 radical (unpaired) electrons. The number of nitrogens with zero attached hydrogens (tertiary/aromatic N) is 3. The number of primary amides is 1. The summed E-state index contributed by atoms with van der Waals surface area (Å²) >= 11 is 1.14. The molecule has 1 heterocycles. The first-order valence-electron chi connectivity index (χ1n) is 10.4. The van der Waals surface area contributed by atoms with E-state index in [1.54, 1.807) is 55.6 Å². The minimum Gasteiger partial charge on any atom is -0.497 e. The number of benzene rings is 2. The van der Waals surface area contributed by atoms with Crippen LogP contribution in [0.4, 0.5) is 5.69 Å². The molecule has 3 rings (SSSR count). The third-order valence-corrected chi connectivity index (χ3v) is 5.92. The fourth-order valence-corrected chi connectivity index (χ4v) is 4.17. The van der Waals surface area contributed by atoms with E-state index in [0.29, 0.717) is 33.9 Å². The second-order valence-electron chi connectivity index (χ2n) is 7.19. The van der Waals surface area contributed by atoms with Gasteiger partial charge in [-0.2, -0.15) is 0 Å². The molecule has 0 spiro atoms. The van der Waals surface area contributed by atoms with Crippen molar-refractivity contribution in [2.45, 2.75) is 24.5 Å². The average molecular weight is 471 g/mol. The third-order valence-electron chi connectivity index (χ3n) is 4.96. The van der Waals surface area contributed by atoms with Crippen LogP contribution in [0.15, 0.2) is 58.5 Å². The Bertz CT molecular complexity index is 1180. The molecule has 2 amide bonds. The number of fused-ring (bicyclic) bond motifs is 1. The maximum absolute atomic E-state index is 13.1. The fraction of sp³-hybridized carbons (Fsp3) is 0.304. The van der Waals surface area contributed by atoms with E-state index in [2.05, 4.69) is 4.98 Å². The summed E-state index contributed by atoms with van der Waals surface area (Å²) < 4.78 is 6.65. The van der Waals surface area contributed by atoms with E-state index in [1.165, 1.54) is 9.47 Å². The Morgan fingerprint density at radius 3 is 2.58 bits per heavy atom. The smallest absolute Gasteiger partial charge is 0.262 e. The highest BCUT2D eigenvalue weighted by molar-refractivity contribution is 7.99. The molecular weight excluding hydrogens is 444 g/mol. The molecule has 10 heteroatoms. The summed E-state index contributed by atoms with van der Waals surface area (Å²) in [4.78, 5) is 43.5. The highest BCUT2D eigenvalue weighted by Gasteiger charge is 2.19. The van der Waals surface area contributed by atoms with E-state index in [1.807, 2.05) is 0 Å². The van der Waals surface area contributed by atoms with E-state index in [0.717, 1.165) is 11.8 Å². The number of hydrogen-bond donors (Lipinski definition) is 2. The standard InChI is InChI=1S/C23H26N4O5S/c1-32-17-9-7-16(8-10-17)26(13-11-20(24)29)21(30)15-33-23-25-19-6-3-2-5-18(19)22(31)27(23)12-4-14-28/h2-3,5-10,28H,4,11-15H2,1H3,(H2,24,29). The molecule has 33 heavy (non-hydrogen) atoms.